The summed E-state index contributed by atoms with van der Waals surface area (Å²) in [5.74, 6) is -0.311. The first-order valence-electron chi connectivity index (χ1n) is 2.12. The van der Waals surface area contributed by atoms with Crippen LogP contribution in [-0.4, -0.2) is 18.5 Å². The zero-order valence-electron chi connectivity index (χ0n) is 4.02. The van der Waals surface area contributed by atoms with Crippen LogP contribution in [0.15, 0.2) is 0 Å². The Balaban J connectivity index is 2.45. The van der Waals surface area contributed by atoms with Crippen LogP contribution in [-0.2, 0) is 4.79 Å². The van der Waals surface area contributed by atoms with Gasteiger partial charge in [0.25, 0.3) is 0 Å². The lowest BCUT2D eigenvalue weighted by Crippen LogP contribution is -2.56. The Bertz CT molecular complexity index is 118. The summed E-state index contributed by atoms with van der Waals surface area (Å²) in [7, 11) is 0. The molecule has 3 amide bonds. The van der Waals surface area contributed by atoms with Crippen LogP contribution in [0, 0.1) is 0 Å². The third kappa shape index (κ3) is 0.941. The molecule has 1 aliphatic rings. The second kappa shape index (κ2) is 1.79. The van der Waals surface area contributed by atoms with E-state index in [0.29, 0.717) is 0 Å². The highest BCUT2D eigenvalue weighted by Gasteiger charge is 2.11. The second-order valence-corrected chi connectivity index (χ2v) is 1.36. The number of nitrogens with one attached hydrogen (secondary N) is 3. The minimum atomic E-state index is -0.499. The largest absolute Gasteiger partial charge is 0.335 e. The fourth-order valence-corrected chi connectivity index (χ4v) is 0.407. The average Bonchev–Trinajstić information content (AvgIpc) is 1.64. The molecule has 1 rings (SSSR count). The van der Waals surface area contributed by atoms with Crippen LogP contribution in [0.3, 0.4) is 0 Å². The van der Waals surface area contributed by atoms with Crippen molar-refractivity contribution in [1.29, 1.82) is 0 Å². The van der Waals surface area contributed by atoms with Crippen molar-refractivity contribution in [3.8, 4) is 0 Å². The van der Waals surface area contributed by atoms with Crippen molar-refractivity contribution in [1.82, 2.24) is 16.2 Å². The van der Waals surface area contributed by atoms with Crippen LogP contribution >= 0.6 is 0 Å². The average molecular weight is 115 g/mol. The highest BCUT2D eigenvalue weighted by Crippen LogP contribution is 1.69. The molecule has 1 fully saturated rings. The van der Waals surface area contributed by atoms with E-state index < -0.39 is 6.03 Å². The Morgan fingerprint density at radius 3 is 2.50 bits per heavy atom. The van der Waals surface area contributed by atoms with Gasteiger partial charge in [0.1, 0.15) is 0 Å². The fraction of sp³-hybridized carbons (Fsp3) is 0.333. The Kier molecular flexibility index (Phi) is 1.13. The van der Waals surface area contributed by atoms with E-state index in [0.717, 1.165) is 0 Å². The molecule has 8 heavy (non-hydrogen) atoms. The Labute approximate surface area is 45.4 Å². The van der Waals surface area contributed by atoms with Gasteiger partial charge in [-0.15, -0.1) is 0 Å². The molecular weight excluding hydrogens is 110 g/mol. The maximum absolute atomic E-state index is 10.2. The van der Waals surface area contributed by atoms with Gasteiger partial charge in [0.05, 0.1) is 6.54 Å². The van der Waals surface area contributed by atoms with Gasteiger partial charge in [0.15, 0.2) is 0 Å². The number of rotatable bonds is 0. The van der Waals surface area contributed by atoms with E-state index in [1.165, 1.54) is 0 Å². The summed E-state index contributed by atoms with van der Waals surface area (Å²) in [6.45, 7) is 0.145. The monoisotopic (exact) mass is 115 g/mol. The fourth-order valence-electron chi connectivity index (χ4n) is 0.407. The van der Waals surface area contributed by atoms with Crippen LogP contribution in [0.1, 0.15) is 0 Å². The van der Waals surface area contributed by atoms with Crippen LogP contribution in [0.4, 0.5) is 4.79 Å². The van der Waals surface area contributed by atoms with Crippen molar-refractivity contribution in [2.45, 2.75) is 0 Å². The first-order valence-corrected chi connectivity index (χ1v) is 2.12. The molecule has 0 spiro atoms. The van der Waals surface area contributed by atoms with E-state index in [-0.39, 0.29) is 12.5 Å². The lowest BCUT2D eigenvalue weighted by molar-refractivity contribution is -0.120. The number of imide groups is 1. The summed E-state index contributed by atoms with van der Waals surface area (Å²) in [5.41, 5.74) is 4.56. The maximum atomic E-state index is 10.2. The minimum absolute atomic E-state index is 0.145. The summed E-state index contributed by atoms with van der Waals surface area (Å²) in [4.78, 5) is 20.4. The third-order valence-corrected chi connectivity index (χ3v) is 0.704. The van der Waals surface area contributed by atoms with Crippen molar-refractivity contribution in [2.24, 2.45) is 0 Å². The molecule has 0 radical (unpaired) electrons. The lowest BCUT2D eigenvalue weighted by atomic mass is 10.6. The van der Waals surface area contributed by atoms with E-state index in [4.69, 9.17) is 0 Å². The van der Waals surface area contributed by atoms with Gasteiger partial charge in [0.2, 0.25) is 5.91 Å². The van der Waals surface area contributed by atoms with E-state index in [9.17, 15) is 9.59 Å². The molecule has 5 nitrogen and oxygen atoms in total. The first kappa shape index (κ1) is 5.04. The predicted octanol–water partition coefficient (Wildman–Crippen LogP) is -1.67. The normalized spacial score (nSPS) is 19.5. The molecule has 5 heteroatoms. The molecule has 0 saturated carbocycles. The number of urea groups is 1. The van der Waals surface area contributed by atoms with Crippen molar-refractivity contribution < 1.29 is 9.59 Å². The Morgan fingerprint density at radius 2 is 2.12 bits per heavy atom. The van der Waals surface area contributed by atoms with Crippen molar-refractivity contribution in [3.63, 3.8) is 0 Å². The first-order chi connectivity index (χ1) is 3.79. The summed E-state index contributed by atoms with van der Waals surface area (Å²) >= 11 is 0. The molecule has 3 N–H and O–H groups in total. The summed E-state index contributed by atoms with van der Waals surface area (Å²) in [6, 6.07) is -0.499. The molecule has 44 valence electrons. The standard InChI is InChI=1S/C3H5N3O2/c7-2-1-4-6-3(8)5-2/h4H,1H2,(H2,5,6,7,8). The summed E-state index contributed by atoms with van der Waals surface area (Å²) in [6.07, 6.45) is 0. The summed E-state index contributed by atoms with van der Waals surface area (Å²) in [5, 5.41) is 2.03. The highest BCUT2D eigenvalue weighted by atomic mass is 16.2. The van der Waals surface area contributed by atoms with Gasteiger partial charge < -0.3 is 0 Å². The SMILES string of the molecule is O=C1CNNC(=O)N1. The van der Waals surface area contributed by atoms with Gasteiger partial charge in [-0.25, -0.2) is 10.2 Å². The number of hydrazine groups is 1. The van der Waals surface area contributed by atoms with Crippen molar-refractivity contribution >= 4 is 11.9 Å². The molecule has 0 aromatic heterocycles. The molecule has 1 saturated heterocycles. The quantitative estimate of drug-likeness (QED) is 0.353. The van der Waals surface area contributed by atoms with Gasteiger partial charge in [-0.05, 0) is 0 Å². The molecule has 0 unspecified atom stereocenters. The Morgan fingerprint density at radius 1 is 1.38 bits per heavy atom. The highest BCUT2D eigenvalue weighted by molar-refractivity contribution is 5.96. The second-order valence-electron chi connectivity index (χ2n) is 1.36. The molecular formula is C3H5N3O2. The van der Waals surface area contributed by atoms with Gasteiger partial charge in [-0.3, -0.25) is 15.5 Å². The Hall–Kier alpha value is -1.10. The topological polar surface area (TPSA) is 70.2 Å². The molecule has 0 aromatic carbocycles. The number of carbonyl (C=O) groups excluding carboxylic acids is 2. The molecule has 0 atom stereocenters. The van der Waals surface area contributed by atoms with Gasteiger partial charge in [-0.2, -0.15) is 0 Å². The number of hydrogen-bond donors (Lipinski definition) is 3. The zero-order chi connectivity index (χ0) is 5.98. The zero-order valence-corrected chi connectivity index (χ0v) is 4.02. The van der Waals surface area contributed by atoms with Crippen LogP contribution in [0.2, 0.25) is 0 Å². The van der Waals surface area contributed by atoms with Crippen LogP contribution < -0.4 is 16.2 Å². The minimum Gasteiger partial charge on any atom is -0.276 e. The van der Waals surface area contributed by atoms with Crippen LogP contribution in [0.25, 0.3) is 0 Å². The predicted molar refractivity (Wildman–Crippen MR) is 24.7 cm³/mol. The van der Waals surface area contributed by atoms with Gasteiger partial charge in [0, 0.05) is 0 Å². The maximum Gasteiger partial charge on any atom is 0.335 e. The van der Waals surface area contributed by atoms with Gasteiger partial charge >= 0.3 is 6.03 Å². The molecule has 0 bridgehead atoms. The molecule has 0 aliphatic carbocycles. The molecule has 0 aromatic rings. The smallest absolute Gasteiger partial charge is 0.276 e. The van der Waals surface area contributed by atoms with Crippen molar-refractivity contribution in [3.05, 3.63) is 0 Å². The van der Waals surface area contributed by atoms with Crippen LogP contribution in [0.5, 0.6) is 0 Å². The van der Waals surface area contributed by atoms with Gasteiger partial charge in [-0.1, -0.05) is 0 Å². The number of carbonyl (C=O) groups is 2. The number of hydrogen-bond acceptors (Lipinski definition) is 3. The van der Waals surface area contributed by atoms with E-state index >= 15 is 0 Å². The van der Waals surface area contributed by atoms with E-state index in [2.05, 4.69) is 10.9 Å². The third-order valence-electron chi connectivity index (χ3n) is 0.704. The summed E-state index contributed by atoms with van der Waals surface area (Å²) < 4.78 is 0. The van der Waals surface area contributed by atoms with E-state index in [1.807, 2.05) is 5.32 Å². The molecule has 1 heterocycles. The van der Waals surface area contributed by atoms with Crippen molar-refractivity contribution in [2.75, 3.05) is 6.54 Å². The number of amides is 3. The molecule has 1 aliphatic heterocycles. The lowest BCUT2D eigenvalue weighted by Gasteiger charge is -2.12. The van der Waals surface area contributed by atoms with E-state index in [1.54, 1.807) is 0 Å².